The molecule has 0 radical (unpaired) electrons. The molecule has 7 heteroatoms. The fourth-order valence-electron chi connectivity index (χ4n) is 2.44. The Morgan fingerprint density at radius 3 is 2.19 bits per heavy atom. The molecule has 27 heavy (non-hydrogen) atoms. The van der Waals surface area contributed by atoms with Crippen LogP contribution in [0.5, 0.6) is 5.75 Å². The van der Waals surface area contributed by atoms with Gasteiger partial charge in [-0.1, -0.05) is 58.5 Å². The van der Waals surface area contributed by atoms with Crippen LogP contribution in [-0.2, 0) is 13.2 Å². The fraction of sp³-hybridized carbons (Fsp3) is 0.100. The van der Waals surface area contributed by atoms with E-state index in [-0.39, 0.29) is 12.4 Å². The highest BCUT2D eigenvalue weighted by molar-refractivity contribution is 6.42. The molecular formula is C20H14Cl4FNO. The highest BCUT2D eigenvalue weighted by Gasteiger charge is 2.11. The van der Waals surface area contributed by atoms with Crippen molar-refractivity contribution < 1.29 is 9.13 Å². The Kier molecular flexibility index (Phi) is 6.72. The number of hydrogen-bond donors (Lipinski definition) is 1. The van der Waals surface area contributed by atoms with Gasteiger partial charge in [0.15, 0.2) is 5.75 Å². The van der Waals surface area contributed by atoms with E-state index in [9.17, 15) is 4.39 Å². The van der Waals surface area contributed by atoms with Crippen molar-refractivity contribution in [3.8, 4) is 5.75 Å². The van der Waals surface area contributed by atoms with Crippen molar-refractivity contribution in [2.45, 2.75) is 13.2 Å². The number of hydrogen-bond acceptors (Lipinski definition) is 2. The van der Waals surface area contributed by atoms with Crippen molar-refractivity contribution >= 4 is 52.1 Å². The summed E-state index contributed by atoms with van der Waals surface area (Å²) in [6, 6.07) is 15.0. The molecule has 0 aliphatic carbocycles. The molecule has 140 valence electrons. The maximum absolute atomic E-state index is 13.2. The Labute approximate surface area is 176 Å². The van der Waals surface area contributed by atoms with Crippen LogP contribution in [-0.4, -0.2) is 0 Å². The Hall–Kier alpha value is -1.65. The summed E-state index contributed by atoms with van der Waals surface area (Å²) in [5.74, 6) is 0.0397. The number of anilines is 1. The summed E-state index contributed by atoms with van der Waals surface area (Å²) < 4.78 is 18.9. The van der Waals surface area contributed by atoms with Crippen molar-refractivity contribution in [3.05, 3.63) is 91.6 Å². The lowest BCUT2D eigenvalue weighted by atomic mass is 10.2. The largest absolute Gasteiger partial charge is 0.486 e. The number of ether oxygens (including phenoxy) is 1. The first kappa shape index (κ1) is 20.1. The molecule has 0 saturated heterocycles. The summed E-state index contributed by atoms with van der Waals surface area (Å²) in [4.78, 5) is 0. The molecule has 0 atom stereocenters. The van der Waals surface area contributed by atoms with Crippen LogP contribution in [0, 0.1) is 5.82 Å². The number of rotatable bonds is 6. The van der Waals surface area contributed by atoms with E-state index in [4.69, 9.17) is 51.1 Å². The predicted molar refractivity (Wildman–Crippen MR) is 111 cm³/mol. The van der Waals surface area contributed by atoms with Crippen molar-refractivity contribution in [3.63, 3.8) is 0 Å². The average Bonchev–Trinajstić information content (AvgIpc) is 2.62. The summed E-state index contributed by atoms with van der Waals surface area (Å²) in [5.41, 5.74) is 2.38. The minimum atomic E-state index is -0.322. The van der Waals surface area contributed by atoms with Crippen molar-refractivity contribution in [1.82, 2.24) is 0 Å². The second-order valence-corrected chi connectivity index (χ2v) is 7.42. The van der Waals surface area contributed by atoms with Crippen LogP contribution in [0.3, 0.4) is 0 Å². The van der Waals surface area contributed by atoms with Crippen LogP contribution in [0.25, 0.3) is 0 Å². The van der Waals surface area contributed by atoms with Gasteiger partial charge in [-0.2, -0.15) is 0 Å². The molecule has 1 N–H and O–H groups in total. The van der Waals surface area contributed by atoms with Crippen LogP contribution in [0.2, 0.25) is 20.1 Å². The van der Waals surface area contributed by atoms with E-state index < -0.39 is 0 Å². The number of nitrogens with one attached hydrogen (secondary N) is 1. The van der Waals surface area contributed by atoms with Crippen LogP contribution in [0.4, 0.5) is 10.1 Å². The molecule has 0 heterocycles. The van der Waals surface area contributed by atoms with Gasteiger partial charge >= 0.3 is 0 Å². The van der Waals surface area contributed by atoms with Crippen LogP contribution < -0.4 is 10.1 Å². The van der Waals surface area contributed by atoms with Gasteiger partial charge in [-0.15, -0.1) is 0 Å². The summed E-state index contributed by atoms with van der Waals surface area (Å²) >= 11 is 24.5. The maximum Gasteiger partial charge on any atom is 0.156 e. The molecule has 0 aliphatic rings. The van der Waals surface area contributed by atoms with E-state index in [2.05, 4.69) is 5.32 Å². The fourth-order valence-corrected chi connectivity index (χ4v) is 3.38. The van der Waals surface area contributed by atoms with E-state index in [1.165, 1.54) is 12.1 Å². The molecule has 0 bridgehead atoms. The van der Waals surface area contributed by atoms with Gasteiger partial charge in [-0.25, -0.2) is 4.39 Å². The Morgan fingerprint density at radius 1 is 0.778 bits per heavy atom. The Balaban J connectivity index is 1.67. The second kappa shape index (κ2) is 9.03. The van der Waals surface area contributed by atoms with Gasteiger partial charge in [0, 0.05) is 12.2 Å². The van der Waals surface area contributed by atoms with Crippen LogP contribution in [0.15, 0.2) is 54.6 Å². The third kappa shape index (κ3) is 5.43. The molecule has 0 aromatic heterocycles. The molecule has 0 saturated carbocycles. The van der Waals surface area contributed by atoms with Crippen LogP contribution >= 0.6 is 46.4 Å². The van der Waals surface area contributed by atoms with Gasteiger partial charge < -0.3 is 10.1 Å². The second-order valence-electron chi connectivity index (χ2n) is 5.79. The molecule has 0 unspecified atom stereocenters. The predicted octanol–water partition coefficient (Wildman–Crippen LogP) is 7.63. The Bertz CT molecular complexity index is 941. The third-order valence-corrected chi connectivity index (χ3v) is 5.05. The van der Waals surface area contributed by atoms with Crippen molar-refractivity contribution in [2.24, 2.45) is 0 Å². The summed E-state index contributed by atoms with van der Waals surface area (Å²) in [5, 5.41) is 4.95. The maximum atomic E-state index is 13.2. The summed E-state index contributed by atoms with van der Waals surface area (Å²) in [6.45, 7) is 0.652. The summed E-state index contributed by atoms with van der Waals surface area (Å²) in [6.07, 6.45) is 0. The first-order chi connectivity index (χ1) is 12.9. The van der Waals surface area contributed by atoms with E-state index in [1.807, 2.05) is 6.07 Å². The van der Waals surface area contributed by atoms with E-state index in [1.54, 1.807) is 36.4 Å². The van der Waals surface area contributed by atoms with E-state index >= 15 is 0 Å². The first-order valence-electron chi connectivity index (χ1n) is 7.96. The lowest BCUT2D eigenvalue weighted by Gasteiger charge is -2.13. The van der Waals surface area contributed by atoms with Gasteiger partial charge in [0.1, 0.15) is 12.4 Å². The van der Waals surface area contributed by atoms with Crippen molar-refractivity contribution in [1.29, 1.82) is 0 Å². The molecule has 3 rings (SSSR count). The monoisotopic (exact) mass is 443 g/mol. The highest BCUT2D eigenvalue weighted by Crippen LogP contribution is 2.35. The van der Waals surface area contributed by atoms with E-state index in [0.717, 1.165) is 11.3 Å². The zero-order chi connectivity index (χ0) is 19.4. The first-order valence-corrected chi connectivity index (χ1v) is 9.47. The molecule has 3 aromatic rings. The molecular weight excluding hydrogens is 431 g/mol. The molecule has 3 aromatic carbocycles. The molecule has 0 fully saturated rings. The lowest BCUT2D eigenvalue weighted by Crippen LogP contribution is -2.01. The SMILES string of the molecule is Fc1cccc(COc2c(Cl)cc(CNc3ccc(Cl)c(Cl)c3)cc2Cl)c1. The minimum absolute atomic E-state index is 0.165. The zero-order valence-electron chi connectivity index (χ0n) is 13.9. The van der Waals surface area contributed by atoms with Gasteiger partial charge in [0.2, 0.25) is 0 Å². The summed E-state index contributed by atoms with van der Waals surface area (Å²) in [7, 11) is 0. The molecule has 0 amide bonds. The average molecular weight is 445 g/mol. The van der Waals surface area contributed by atoms with Crippen molar-refractivity contribution in [2.75, 3.05) is 5.32 Å². The molecule has 0 spiro atoms. The van der Waals surface area contributed by atoms with Gasteiger partial charge in [-0.3, -0.25) is 0 Å². The van der Waals surface area contributed by atoms with Crippen LogP contribution in [0.1, 0.15) is 11.1 Å². The standard InChI is InChI=1S/C20H14Cl4FNO/c21-16-5-4-15(9-17(16)22)26-10-13-7-18(23)20(19(24)8-13)27-11-12-2-1-3-14(25)6-12/h1-9,26H,10-11H2. The quantitative estimate of drug-likeness (QED) is 0.421. The third-order valence-electron chi connectivity index (χ3n) is 3.75. The van der Waals surface area contributed by atoms with Gasteiger partial charge in [-0.05, 0) is 53.6 Å². The number of halogens is 5. The van der Waals surface area contributed by atoms with E-state index in [0.29, 0.717) is 37.9 Å². The van der Waals surface area contributed by atoms with Gasteiger partial charge in [0.25, 0.3) is 0 Å². The smallest absolute Gasteiger partial charge is 0.156 e. The molecule has 2 nitrogen and oxygen atoms in total. The highest BCUT2D eigenvalue weighted by atomic mass is 35.5. The Morgan fingerprint density at radius 2 is 1.52 bits per heavy atom. The normalized spacial score (nSPS) is 10.7. The lowest BCUT2D eigenvalue weighted by molar-refractivity contribution is 0.306. The number of benzene rings is 3. The zero-order valence-corrected chi connectivity index (χ0v) is 16.9. The topological polar surface area (TPSA) is 21.3 Å². The minimum Gasteiger partial charge on any atom is -0.486 e. The molecule has 0 aliphatic heterocycles. The van der Waals surface area contributed by atoms with Gasteiger partial charge in [0.05, 0.1) is 20.1 Å².